The molecule has 0 aromatic heterocycles. The number of sulfonamides is 1. The van der Waals surface area contributed by atoms with Crippen molar-refractivity contribution in [2.45, 2.75) is 29.9 Å². The van der Waals surface area contributed by atoms with Crippen molar-refractivity contribution in [3.63, 3.8) is 0 Å². The smallest absolute Gasteiger partial charge is 0.240 e. The standard InChI is InChI=1S/C11H13BrClNO3S/c1-17-8-4-7(5-8)14-18(15,16)9-2-3-11(13)10(12)6-9/h2-3,6-8,14H,4-5H2,1H3. The number of hydrogen-bond acceptors (Lipinski definition) is 3. The topological polar surface area (TPSA) is 55.4 Å². The van der Waals surface area contributed by atoms with E-state index >= 15 is 0 Å². The zero-order valence-corrected chi connectivity index (χ0v) is 12.8. The molecule has 0 bridgehead atoms. The monoisotopic (exact) mass is 353 g/mol. The van der Waals surface area contributed by atoms with Crippen molar-refractivity contribution in [2.75, 3.05) is 7.11 Å². The molecule has 1 saturated carbocycles. The second-order valence-electron chi connectivity index (χ2n) is 4.22. The molecular weight excluding hydrogens is 342 g/mol. The second-order valence-corrected chi connectivity index (χ2v) is 7.20. The summed E-state index contributed by atoms with van der Waals surface area (Å²) >= 11 is 9.05. The molecule has 0 aliphatic heterocycles. The lowest BCUT2D eigenvalue weighted by Gasteiger charge is -2.34. The summed E-state index contributed by atoms with van der Waals surface area (Å²) in [4.78, 5) is 0.208. The van der Waals surface area contributed by atoms with Gasteiger partial charge in [0.2, 0.25) is 10.0 Å². The fourth-order valence-electron chi connectivity index (χ4n) is 1.79. The first-order valence-electron chi connectivity index (χ1n) is 5.42. The SMILES string of the molecule is COC1CC(NS(=O)(=O)c2ccc(Cl)c(Br)c2)C1. The zero-order chi connectivity index (χ0) is 13.3. The number of benzene rings is 1. The van der Waals surface area contributed by atoms with Crippen molar-refractivity contribution in [3.05, 3.63) is 27.7 Å². The van der Waals surface area contributed by atoms with E-state index in [0.29, 0.717) is 22.3 Å². The Morgan fingerprint density at radius 1 is 1.44 bits per heavy atom. The van der Waals surface area contributed by atoms with Gasteiger partial charge in [-0.3, -0.25) is 0 Å². The fraction of sp³-hybridized carbons (Fsp3) is 0.455. The number of ether oxygens (including phenoxy) is 1. The van der Waals surface area contributed by atoms with E-state index in [1.807, 2.05) is 0 Å². The molecule has 0 spiro atoms. The Kier molecular flexibility index (Phi) is 4.33. The van der Waals surface area contributed by atoms with Gasteiger partial charge in [-0.05, 0) is 47.0 Å². The Hall–Kier alpha value is -0.140. The maximum atomic E-state index is 12.1. The third kappa shape index (κ3) is 3.05. The first-order valence-corrected chi connectivity index (χ1v) is 8.08. The summed E-state index contributed by atoms with van der Waals surface area (Å²) in [6, 6.07) is 4.49. The Morgan fingerprint density at radius 2 is 2.11 bits per heavy atom. The fourth-order valence-corrected chi connectivity index (χ4v) is 3.72. The van der Waals surface area contributed by atoms with Gasteiger partial charge < -0.3 is 4.74 Å². The van der Waals surface area contributed by atoms with E-state index in [1.54, 1.807) is 13.2 Å². The van der Waals surface area contributed by atoms with Crippen LogP contribution in [0.3, 0.4) is 0 Å². The van der Waals surface area contributed by atoms with Crippen LogP contribution in [0.2, 0.25) is 5.02 Å². The van der Waals surface area contributed by atoms with Crippen LogP contribution in [0.15, 0.2) is 27.6 Å². The summed E-state index contributed by atoms with van der Waals surface area (Å²) in [6.45, 7) is 0. The quantitative estimate of drug-likeness (QED) is 0.904. The Labute approximate surface area is 120 Å². The van der Waals surface area contributed by atoms with E-state index < -0.39 is 10.0 Å². The molecule has 1 aromatic carbocycles. The molecule has 1 aliphatic rings. The summed E-state index contributed by atoms with van der Waals surface area (Å²) in [5.41, 5.74) is 0. The predicted molar refractivity (Wildman–Crippen MR) is 73.3 cm³/mol. The third-order valence-electron chi connectivity index (χ3n) is 2.95. The van der Waals surface area contributed by atoms with Crippen LogP contribution in [0.5, 0.6) is 0 Å². The lowest BCUT2D eigenvalue weighted by molar-refractivity contribution is 0.0236. The van der Waals surface area contributed by atoms with Crippen molar-refractivity contribution in [1.29, 1.82) is 0 Å². The van der Waals surface area contributed by atoms with Crippen molar-refractivity contribution >= 4 is 37.6 Å². The van der Waals surface area contributed by atoms with Gasteiger partial charge in [0, 0.05) is 17.6 Å². The predicted octanol–water partition coefficient (Wildman–Crippen LogP) is 2.56. The molecule has 1 fully saturated rings. The maximum absolute atomic E-state index is 12.1. The molecule has 100 valence electrons. The minimum Gasteiger partial charge on any atom is -0.381 e. The second kappa shape index (κ2) is 5.46. The van der Waals surface area contributed by atoms with E-state index in [2.05, 4.69) is 20.7 Å². The van der Waals surface area contributed by atoms with E-state index in [9.17, 15) is 8.42 Å². The minimum atomic E-state index is -3.49. The molecule has 0 atom stereocenters. The minimum absolute atomic E-state index is 0.0468. The van der Waals surface area contributed by atoms with Crippen LogP contribution < -0.4 is 4.72 Å². The average Bonchev–Trinajstić information content (AvgIpc) is 2.26. The van der Waals surface area contributed by atoms with Crippen molar-refractivity contribution in [3.8, 4) is 0 Å². The molecule has 0 amide bonds. The third-order valence-corrected chi connectivity index (χ3v) is 5.68. The van der Waals surface area contributed by atoms with E-state index in [1.165, 1.54) is 12.1 Å². The van der Waals surface area contributed by atoms with Gasteiger partial charge in [-0.15, -0.1) is 0 Å². The Balaban J connectivity index is 2.09. The van der Waals surface area contributed by atoms with Gasteiger partial charge in [0.1, 0.15) is 0 Å². The van der Waals surface area contributed by atoms with Crippen LogP contribution >= 0.6 is 27.5 Å². The van der Waals surface area contributed by atoms with Crippen LogP contribution in [-0.2, 0) is 14.8 Å². The average molecular weight is 355 g/mol. The van der Waals surface area contributed by atoms with E-state index in [0.717, 1.165) is 0 Å². The largest absolute Gasteiger partial charge is 0.381 e. The summed E-state index contributed by atoms with van der Waals surface area (Å²) < 4.78 is 32.5. The van der Waals surface area contributed by atoms with Crippen molar-refractivity contribution in [1.82, 2.24) is 4.72 Å². The lowest BCUT2D eigenvalue weighted by atomic mass is 9.90. The first-order chi connectivity index (χ1) is 8.42. The number of halogens is 2. The number of nitrogens with one attached hydrogen (secondary N) is 1. The molecule has 0 radical (unpaired) electrons. The van der Waals surface area contributed by atoms with Gasteiger partial charge >= 0.3 is 0 Å². The normalized spacial score (nSPS) is 23.7. The molecule has 1 aromatic rings. The van der Waals surface area contributed by atoms with Gasteiger partial charge in [0.05, 0.1) is 16.0 Å². The molecule has 1 N–H and O–H groups in total. The highest BCUT2D eigenvalue weighted by Crippen LogP contribution is 2.27. The number of rotatable bonds is 4. The molecule has 0 unspecified atom stereocenters. The van der Waals surface area contributed by atoms with Gasteiger partial charge in [0.15, 0.2) is 0 Å². The van der Waals surface area contributed by atoms with Crippen LogP contribution in [0.25, 0.3) is 0 Å². The van der Waals surface area contributed by atoms with Crippen LogP contribution in [0, 0.1) is 0 Å². The number of hydrogen-bond donors (Lipinski definition) is 1. The Bertz CT molecular complexity index is 543. The highest BCUT2D eigenvalue weighted by atomic mass is 79.9. The van der Waals surface area contributed by atoms with Crippen LogP contribution in [-0.4, -0.2) is 27.7 Å². The summed E-state index contributed by atoms with van der Waals surface area (Å²) in [7, 11) is -1.85. The summed E-state index contributed by atoms with van der Waals surface area (Å²) in [5.74, 6) is 0. The van der Waals surface area contributed by atoms with Gasteiger partial charge in [0.25, 0.3) is 0 Å². The highest BCUT2D eigenvalue weighted by Gasteiger charge is 2.32. The molecule has 0 saturated heterocycles. The highest BCUT2D eigenvalue weighted by molar-refractivity contribution is 9.10. The van der Waals surface area contributed by atoms with Gasteiger partial charge in [-0.1, -0.05) is 11.6 Å². The molecule has 7 heteroatoms. The van der Waals surface area contributed by atoms with E-state index in [4.69, 9.17) is 16.3 Å². The maximum Gasteiger partial charge on any atom is 0.240 e. The molecule has 0 heterocycles. The summed E-state index contributed by atoms with van der Waals surface area (Å²) in [5, 5.41) is 0.483. The molecule has 18 heavy (non-hydrogen) atoms. The van der Waals surface area contributed by atoms with Crippen molar-refractivity contribution in [2.24, 2.45) is 0 Å². The molecule has 1 aliphatic carbocycles. The molecule has 2 rings (SSSR count). The summed E-state index contributed by atoms with van der Waals surface area (Å²) in [6.07, 6.45) is 1.59. The first kappa shape index (κ1) is 14.3. The Morgan fingerprint density at radius 3 is 2.67 bits per heavy atom. The lowest BCUT2D eigenvalue weighted by Crippen LogP contribution is -2.47. The van der Waals surface area contributed by atoms with Crippen LogP contribution in [0.4, 0.5) is 0 Å². The molecule has 4 nitrogen and oxygen atoms in total. The zero-order valence-electron chi connectivity index (χ0n) is 9.69. The number of methoxy groups -OCH3 is 1. The van der Waals surface area contributed by atoms with Gasteiger partial charge in [-0.25, -0.2) is 13.1 Å². The van der Waals surface area contributed by atoms with E-state index in [-0.39, 0.29) is 17.0 Å². The van der Waals surface area contributed by atoms with Crippen LogP contribution in [0.1, 0.15) is 12.8 Å². The van der Waals surface area contributed by atoms with Gasteiger partial charge in [-0.2, -0.15) is 0 Å². The van der Waals surface area contributed by atoms with Crippen molar-refractivity contribution < 1.29 is 13.2 Å². The molecular formula is C11H13BrClNO3S.